The van der Waals surface area contributed by atoms with E-state index < -0.39 is 0 Å². The van der Waals surface area contributed by atoms with Crippen LogP contribution in [0.5, 0.6) is 0 Å². The second-order valence-electron chi connectivity index (χ2n) is 5.97. The summed E-state index contributed by atoms with van der Waals surface area (Å²) in [6.07, 6.45) is 6.23. The smallest absolute Gasteiger partial charge is 0.0650 e. The van der Waals surface area contributed by atoms with Gasteiger partial charge in [0.15, 0.2) is 0 Å². The molecule has 0 saturated heterocycles. The van der Waals surface area contributed by atoms with Crippen molar-refractivity contribution in [1.29, 1.82) is 0 Å². The summed E-state index contributed by atoms with van der Waals surface area (Å²) in [6.45, 7) is 8.52. The van der Waals surface area contributed by atoms with Gasteiger partial charge in [0.25, 0.3) is 0 Å². The van der Waals surface area contributed by atoms with Crippen molar-refractivity contribution in [3.05, 3.63) is 71.5 Å². The molecule has 0 unspecified atom stereocenters. The van der Waals surface area contributed by atoms with Crippen LogP contribution in [0, 0.1) is 6.92 Å². The molecule has 1 heterocycles. The standard InChI is InChI=1S/C22H24N2/c1-4-24(5-2)22-15-20(23-16-17(22)3)14-13-19-11-8-10-18-9-6-7-12-21(18)19/h6-16H,4-5H2,1-3H3/b14-13+. The predicted octanol–water partition coefficient (Wildman–Crippen LogP) is 5.56. The maximum absolute atomic E-state index is 4.57. The quantitative estimate of drug-likeness (QED) is 0.612. The van der Waals surface area contributed by atoms with E-state index in [-0.39, 0.29) is 0 Å². The van der Waals surface area contributed by atoms with E-state index in [0.717, 1.165) is 18.8 Å². The molecule has 3 rings (SSSR count). The third-order valence-corrected chi connectivity index (χ3v) is 4.46. The van der Waals surface area contributed by atoms with E-state index in [1.165, 1.54) is 27.6 Å². The minimum absolute atomic E-state index is 0.996. The fraction of sp³-hybridized carbons (Fsp3) is 0.227. The van der Waals surface area contributed by atoms with Crippen molar-refractivity contribution in [2.75, 3.05) is 18.0 Å². The Morgan fingerprint density at radius 1 is 0.958 bits per heavy atom. The lowest BCUT2D eigenvalue weighted by Crippen LogP contribution is -2.22. The lowest BCUT2D eigenvalue weighted by Gasteiger charge is -2.23. The highest BCUT2D eigenvalue weighted by Gasteiger charge is 2.06. The van der Waals surface area contributed by atoms with E-state index in [1.54, 1.807) is 0 Å². The van der Waals surface area contributed by atoms with Crippen LogP contribution in [-0.2, 0) is 0 Å². The molecular formula is C22H24N2. The Hall–Kier alpha value is -2.61. The topological polar surface area (TPSA) is 16.1 Å². The molecule has 3 aromatic rings. The van der Waals surface area contributed by atoms with Crippen molar-refractivity contribution in [1.82, 2.24) is 4.98 Å². The Bertz CT molecular complexity index is 855. The lowest BCUT2D eigenvalue weighted by atomic mass is 10.0. The second kappa shape index (κ2) is 7.31. The minimum atomic E-state index is 0.996. The SMILES string of the molecule is CCN(CC)c1cc(/C=C/c2cccc3ccccc23)ncc1C. The second-order valence-corrected chi connectivity index (χ2v) is 5.97. The van der Waals surface area contributed by atoms with E-state index in [2.05, 4.69) is 91.3 Å². The molecule has 2 heteroatoms. The first kappa shape index (κ1) is 16.3. The molecule has 24 heavy (non-hydrogen) atoms. The van der Waals surface area contributed by atoms with Gasteiger partial charge in [0.1, 0.15) is 0 Å². The maximum Gasteiger partial charge on any atom is 0.0650 e. The molecule has 0 aliphatic rings. The van der Waals surface area contributed by atoms with Crippen LogP contribution in [0.2, 0.25) is 0 Å². The normalized spacial score (nSPS) is 11.3. The van der Waals surface area contributed by atoms with Crippen molar-refractivity contribution >= 4 is 28.6 Å². The molecule has 0 saturated carbocycles. The zero-order valence-corrected chi connectivity index (χ0v) is 14.7. The van der Waals surface area contributed by atoms with E-state index in [1.807, 2.05) is 6.20 Å². The van der Waals surface area contributed by atoms with Crippen molar-refractivity contribution in [2.24, 2.45) is 0 Å². The molecule has 2 aromatic carbocycles. The number of benzene rings is 2. The summed E-state index contributed by atoms with van der Waals surface area (Å²) in [6, 6.07) is 17.1. The first-order chi connectivity index (χ1) is 11.7. The van der Waals surface area contributed by atoms with Crippen LogP contribution in [0.25, 0.3) is 22.9 Å². The van der Waals surface area contributed by atoms with Gasteiger partial charge >= 0.3 is 0 Å². The van der Waals surface area contributed by atoms with Gasteiger partial charge in [-0.3, -0.25) is 4.98 Å². The van der Waals surface area contributed by atoms with Crippen LogP contribution in [-0.4, -0.2) is 18.1 Å². The number of anilines is 1. The highest BCUT2D eigenvalue weighted by molar-refractivity contribution is 5.92. The van der Waals surface area contributed by atoms with Gasteiger partial charge in [-0.05, 0) is 54.8 Å². The van der Waals surface area contributed by atoms with Crippen LogP contribution < -0.4 is 4.90 Å². The monoisotopic (exact) mass is 316 g/mol. The summed E-state index contributed by atoms with van der Waals surface area (Å²) in [5.41, 5.74) is 4.71. The Morgan fingerprint density at radius 2 is 1.71 bits per heavy atom. The van der Waals surface area contributed by atoms with Gasteiger partial charge < -0.3 is 4.90 Å². The summed E-state index contributed by atoms with van der Waals surface area (Å²) in [5, 5.41) is 2.53. The van der Waals surface area contributed by atoms with Crippen molar-refractivity contribution in [3.8, 4) is 0 Å². The third-order valence-electron chi connectivity index (χ3n) is 4.46. The average Bonchev–Trinajstić information content (AvgIpc) is 2.63. The number of hydrogen-bond donors (Lipinski definition) is 0. The van der Waals surface area contributed by atoms with Crippen LogP contribution >= 0.6 is 0 Å². The van der Waals surface area contributed by atoms with Gasteiger partial charge in [-0.15, -0.1) is 0 Å². The molecule has 0 aliphatic heterocycles. The van der Waals surface area contributed by atoms with Gasteiger partial charge in [-0.1, -0.05) is 48.5 Å². The molecule has 0 bridgehead atoms. The zero-order chi connectivity index (χ0) is 16.9. The van der Waals surface area contributed by atoms with E-state index in [0.29, 0.717) is 0 Å². The Kier molecular flexibility index (Phi) is 4.95. The van der Waals surface area contributed by atoms with Gasteiger partial charge in [0, 0.05) is 25.0 Å². The Labute approximate surface area is 144 Å². The molecular weight excluding hydrogens is 292 g/mol. The summed E-state index contributed by atoms with van der Waals surface area (Å²) in [7, 11) is 0. The molecule has 1 aromatic heterocycles. The Morgan fingerprint density at radius 3 is 2.50 bits per heavy atom. The van der Waals surface area contributed by atoms with Crippen LogP contribution in [0.15, 0.2) is 54.7 Å². The fourth-order valence-corrected chi connectivity index (χ4v) is 3.10. The summed E-state index contributed by atoms with van der Waals surface area (Å²) < 4.78 is 0. The molecule has 0 N–H and O–H groups in total. The fourth-order valence-electron chi connectivity index (χ4n) is 3.10. The van der Waals surface area contributed by atoms with Crippen LogP contribution in [0.3, 0.4) is 0 Å². The molecule has 0 radical (unpaired) electrons. The number of aryl methyl sites for hydroxylation is 1. The highest BCUT2D eigenvalue weighted by Crippen LogP contribution is 2.23. The molecule has 0 spiro atoms. The number of nitrogens with zero attached hydrogens (tertiary/aromatic N) is 2. The van der Waals surface area contributed by atoms with Crippen molar-refractivity contribution < 1.29 is 0 Å². The molecule has 122 valence electrons. The summed E-state index contributed by atoms with van der Waals surface area (Å²) in [5.74, 6) is 0. The number of pyridine rings is 1. The molecule has 0 amide bonds. The number of hydrogen-bond acceptors (Lipinski definition) is 2. The van der Waals surface area contributed by atoms with Gasteiger partial charge in [-0.25, -0.2) is 0 Å². The van der Waals surface area contributed by atoms with E-state index >= 15 is 0 Å². The average molecular weight is 316 g/mol. The number of rotatable bonds is 5. The van der Waals surface area contributed by atoms with Gasteiger partial charge in [0.2, 0.25) is 0 Å². The number of aromatic nitrogens is 1. The minimum Gasteiger partial charge on any atom is -0.372 e. The Balaban J connectivity index is 1.95. The third kappa shape index (κ3) is 3.33. The molecule has 0 aliphatic carbocycles. The summed E-state index contributed by atoms with van der Waals surface area (Å²) >= 11 is 0. The molecule has 0 atom stereocenters. The predicted molar refractivity (Wildman–Crippen MR) is 105 cm³/mol. The largest absolute Gasteiger partial charge is 0.372 e. The summed E-state index contributed by atoms with van der Waals surface area (Å²) in [4.78, 5) is 6.94. The lowest BCUT2D eigenvalue weighted by molar-refractivity contribution is 0.859. The molecule has 2 nitrogen and oxygen atoms in total. The van der Waals surface area contributed by atoms with Crippen molar-refractivity contribution in [2.45, 2.75) is 20.8 Å². The zero-order valence-electron chi connectivity index (χ0n) is 14.7. The van der Waals surface area contributed by atoms with Gasteiger partial charge in [0.05, 0.1) is 5.69 Å². The molecule has 0 fully saturated rings. The van der Waals surface area contributed by atoms with Crippen molar-refractivity contribution in [3.63, 3.8) is 0 Å². The first-order valence-corrected chi connectivity index (χ1v) is 8.60. The number of fused-ring (bicyclic) bond motifs is 1. The highest BCUT2D eigenvalue weighted by atomic mass is 15.1. The maximum atomic E-state index is 4.57. The van der Waals surface area contributed by atoms with Crippen LogP contribution in [0.1, 0.15) is 30.7 Å². The van der Waals surface area contributed by atoms with Crippen LogP contribution in [0.4, 0.5) is 5.69 Å². The van der Waals surface area contributed by atoms with E-state index in [9.17, 15) is 0 Å². The van der Waals surface area contributed by atoms with Gasteiger partial charge in [-0.2, -0.15) is 0 Å². The first-order valence-electron chi connectivity index (χ1n) is 8.60. The van der Waals surface area contributed by atoms with E-state index in [4.69, 9.17) is 0 Å².